The molecule has 0 heterocycles. The van der Waals surface area contributed by atoms with Crippen molar-refractivity contribution in [2.45, 2.75) is 20.3 Å². The van der Waals surface area contributed by atoms with Crippen LogP contribution in [0.4, 0.5) is 0 Å². The first-order valence-electron chi connectivity index (χ1n) is 6.39. The van der Waals surface area contributed by atoms with E-state index in [1.807, 2.05) is 50.3 Å². The van der Waals surface area contributed by atoms with Gasteiger partial charge in [-0.15, -0.1) is 0 Å². The Bertz CT molecular complexity index is 514. The first-order valence-corrected chi connectivity index (χ1v) is 6.39. The molecule has 3 nitrogen and oxygen atoms in total. The van der Waals surface area contributed by atoms with Crippen molar-refractivity contribution >= 4 is 12.3 Å². The second-order valence-corrected chi connectivity index (χ2v) is 5.68. The summed E-state index contributed by atoms with van der Waals surface area (Å²) < 4.78 is 0. The fraction of sp³-hybridized carbons (Fsp3) is 0.375. The van der Waals surface area contributed by atoms with E-state index in [4.69, 9.17) is 5.11 Å². The Morgan fingerprint density at radius 3 is 2.42 bits per heavy atom. The second-order valence-electron chi connectivity index (χ2n) is 5.68. The summed E-state index contributed by atoms with van der Waals surface area (Å²) in [7, 11) is 0. The molecule has 100 valence electrons. The fourth-order valence-corrected chi connectivity index (χ4v) is 2.66. The maximum absolute atomic E-state index is 11.1. The SMILES string of the molecule is CC1(C)C(/C=C(\C=O)Cc2ccccc2)C1C(=O)O. The molecule has 0 saturated heterocycles. The number of carbonyl (C=O) groups excluding carboxylic acids is 1. The number of aldehydes is 1. The van der Waals surface area contributed by atoms with Crippen LogP contribution in [0.1, 0.15) is 19.4 Å². The van der Waals surface area contributed by atoms with E-state index >= 15 is 0 Å². The molecular formula is C16H18O3. The van der Waals surface area contributed by atoms with Gasteiger partial charge in [0, 0.05) is 6.42 Å². The number of carboxylic acids is 1. The minimum absolute atomic E-state index is 0.0473. The number of rotatable bonds is 5. The second kappa shape index (κ2) is 5.00. The average molecular weight is 258 g/mol. The molecule has 0 spiro atoms. The third-order valence-electron chi connectivity index (χ3n) is 3.97. The topological polar surface area (TPSA) is 54.4 Å². The fourth-order valence-electron chi connectivity index (χ4n) is 2.66. The van der Waals surface area contributed by atoms with E-state index in [2.05, 4.69) is 0 Å². The molecule has 1 aliphatic carbocycles. The maximum atomic E-state index is 11.1. The molecule has 2 atom stereocenters. The summed E-state index contributed by atoms with van der Waals surface area (Å²) in [5.41, 5.74) is 1.47. The lowest BCUT2D eigenvalue weighted by Gasteiger charge is -2.02. The first kappa shape index (κ1) is 13.5. The minimum atomic E-state index is -0.781. The number of hydrogen-bond acceptors (Lipinski definition) is 2. The first-order chi connectivity index (χ1) is 8.96. The van der Waals surface area contributed by atoms with E-state index in [1.54, 1.807) is 0 Å². The summed E-state index contributed by atoms with van der Waals surface area (Å²) in [6, 6.07) is 9.71. The van der Waals surface area contributed by atoms with Crippen molar-refractivity contribution in [3.8, 4) is 0 Å². The zero-order chi connectivity index (χ0) is 14.0. The lowest BCUT2D eigenvalue weighted by atomic mass is 10.0. The molecule has 1 aromatic carbocycles. The molecule has 1 N–H and O–H groups in total. The molecule has 0 aliphatic heterocycles. The number of hydrogen-bond donors (Lipinski definition) is 1. The van der Waals surface area contributed by atoms with Crippen LogP contribution in [0.25, 0.3) is 0 Å². The van der Waals surface area contributed by atoms with Gasteiger partial charge in [0.2, 0.25) is 0 Å². The Morgan fingerprint density at radius 1 is 1.32 bits per heavy atom. The Morgan fingerprint density at radius 2 is 1.95 bits per heavy atom. The Balaban J connectivity index is 2.13. The highest BCUT2D eigenvalue weighted by Crippen LogP contribution is 2.59. The zero-order valence-corrected chi connectivity index (χ0v) is 11.2. The molecule has 3 heteroatoms. The largest absolute Gasteiger partial charge is 0.481 e. The maximum Gasteiger partial charge on any atom is 0.307 e. The van der Waals surface area contributed by atoms with Gasteiger partial charge in [0.1, 0.15) is 6.29 Å². The number of benzene rings is 1. The van der Waals surface area contributed by atoms with E-state index in [0.29, 0.717) is 12.0 Å². The van der Waals surface area contributed by atoms with E-state index in [-0.39, 0.29) is 17.3 Å². The van der Waals surface area contributed by atoms with Crippen LogP contribution in [-0.2, 0) is 16.0 Å². The van der Waals surface area contributed by atoms with Crippen molar-refractivity contribution in [1.82, 2.24) is 0 Å². The quantitative estimate of drug-likeness (QED) is 0.652. The molecule has 2 unspecified atom stereocenters. The summed E-state index contributed by atoms with van der Waals surface area (Å²) in [5, 5.41) is 9.12. The van der Waals surface area contributed by atoms with E-state index < -0.39 is 5.97 Å². The number of allylic oxidation sites excluding steroid dienone is 2. The normalized spacial score (nSPS) is 24.8. The van der Waals surface area contributed by atoms with Crippen LogP contribution >= 0.6 is 0 Å². The highest BCUT2D eigenvalue weighted by atomic mass is 16.4. The lowest BCUT2D eigenvalue weighted by molar-refractivity contribution is -0.139. The summed E-state index contributed by atoms with van der Waals surface area (Å²) >= 11 is 0. The van der Waals surface area contributed by atoms with Crippen molar-refractivity contribution in [2.24, 2.45) is 17.3 Å². The van der Waals surface area contributed by atoms with Gasteiger partial charge in [0.15, 0.2) is 0 Å². The smallest absolute Gasteiger partial charge is 0.307 e. The summed E-state index contributed by atoms with van der Waals surface area (Å²) in [6.07, 6.45) is 3.22. The van der Waals surface area contributed by atoms with Crippen LogP contribution in [0.5, 0.6) is 0 Å². The van der Waals surface area contributed by atoms with Crippen LogP contribution in [0, 0.1) is 17.3 Å². The van der Waals surface area contributed by atoms with Gasteiger partial charge in [0.05, 0.1) is 5.92 Å². The van der Waals surface area contributed by atoms with Crippen molar-refractivity contribution in [1.29, 1.82) is 0 Å². The predicted molar refractivity (Wildman–Crippen MR) is 72.7 cm³/mol. The highest BCUT2D eigenvalue weighted by molar-refractivity contribution is 5.78. The van der Waals surface area contributed by atoms with Crippen molar-refractivity contribution < 1.29 is 14.7 Å². The number of carboxylic acid groups (broad SMARTS) is 1. The highest BCUT2D eigenvalue weighted by Gasteiger charge is 2.60. The van der Waals surface area contributed by atoms with Gasteiger partial charge in [-0.1, -0.05) is 50.3 Å². The molecule has 2 rings (SSSR count). The Labute approximate surface area is 113 Å². The van der Waals surface area contributed by atoms with Gasteiger partial charge >= 0.3 is 5.97 Å². The van der Waals surface area contributed by atoms with E-state index in [0.717, 1.165) is 11.8 Å². The number of aliphatic carboxylic acids is 1. The van der Waals surface area contributed by atoms with Crippen LogP contribution in [-0.4, -0.2) is 17.4 Å². The third kappa shape index (κ3) is 2.75. The lowest BCUT2D eigenvalue weighted by Crippen LogP contribution is -2.03. The molecule has 19 heavy (non-hydrogen) atoms. The molecule has 1 aromatic rings. The minimum Gasteiger partial charge on any atom is -0.481 e. The molecular weight excluding hydrogens is 240 g/mol. The van der Waals surface area contributed by atoms with Crippen LogP contribution in [0.2, 0.25) is 0 Å². The van der Waals surface area contributed by atoms with Gasteiger partial charge in [0.25, 0.3) is 0 Å². The van der Waals surface area contributed by atoms with Gasteiger partial charge in [-0.3, -0.25) is 9.59 Å². The van der Waals surface area contributed by atoms with Gasteiger partial charge in [-0.2, -0.15) is 0 Å². The molecule has 1 fully saturated rings. The standard InChI is InChI=1S/C16H18O3/c1-16(2)13(14(16)15(18)19)9-12(10-17)8-11-6-4-3-5-7-11/h3-7,9-10,13-14H,8H2,1-2H3,(H,18,19)/b12-9-. The third-order valence-corrected chi connectivity index (χ3v) is 3.97. The average Bonchev–Trinajstić information content (AvgIpc) is 2.91. The zero-order valence-electron chi connectivity index (χ0n) is 11.2. The molecule has 1 saturated carbocycles. The summed E-state index contributed by atoms with van der Waals surface area (Å²) in [4.78, 5) is 22.2. The van der Waals surface area contributed by atoms with Crippen molar-refractivity contribution in [3.05, 3.63) is 47.5 Å². The van der Waals surface area contributed by atoms with Crippen molar-refractivity contribution in [3.63, 3.8) is 0 Å². The van der Waals surface area contributed by atoms with Gasteiger partial charge < -0.3 is 5.11 Å². The van der Waals surface area contributed by atoms with Crippen molar-refractivity contribution in [2.75, 3.05) is 0 Å². The monoisotopic (exact) mass is 258 g/mol. The molecule has 0 bridgehead atoms. The van der Waals surface area contributed by atoms with E-state index in [9.17, 15) is 9.59 Å². The number of carbonyl (C=O) groups is 2. The van der Waals surface area contributed by atoms with Gasteiger partial charge in [-0.05, 0) is 22.5 Å². The van der Waals surface area contributed by atoms with E-state index in [1.165, 1.54) is 0 Å². The van der Waals surface area contributed by atoms with Gasteiger partial charge in [-0.25, -0.2) is 0 Å². The Kier molecular flexibility index (Phi) is 3.56. The molecule has 0 amide bonds. The Hall–Kier alpha value is -1.90. The predicted octanol–water partition coefficient (Wildman–Crippen LogP) is 2.71. The summed E-state index contributed by atoms with van der Waals surface area (Å²) in [5.74, 6) is -1.21. The molecule has 1 aliphatic rings. The molecule has 0 aromatic heterocycles. The van der Waals surface area contributed by atoms with Crippen LogP contribution in [0.15, 0.2) is 42.0 Å². The molecule has 0 radical (unpaired) electrons. The van der Waals surface area contributed by atoms with Crippen LogP contribution in [0.3, 0.4) is 0 Å². The summed E-state index contributed by atoms with van der Waals surface area (Å²) in [6.45, 7) is 3.86. The van der Waals surface area contributed by atoms with Crippen LogP contribution < -0.4 is 0 Å².